The van der Waals surface area contributed by atoms with Gasteiger partial charge in [-0.05, 0) is 42.8 Å². The first kappa shape index (κ1) is 14.5. The molecule has 0 aliphatic heterocycles. The molecule has 0 aromatic heterocycles. The van der Waals surface area contributed by atoms with Crippen molar-refractivity contribution in [2.45, 2.75) is 6.92 Å². The summed E-state index contributed by atoms with van der Waals surface area (Å²) in [6.45, 7) is 1.94. The molecule has 0 saturated heterocycles. The van der Waals surface area contributed by atoms with Crippen molar-refractivity contribution < 1.29 is 9.18 Å². The molecule has 0 bridgehead atoms. The Hall–Kier alpha value is -2.93. The van der Waals surface area contributed by atoms with Crippen LogP contribution in [-0.2, 0) is 4.79 Å². The largest absolute Gasteiger partial charge is 0.321 e. The van der Waals surface area contributed by atoms with Crippen LogP contribution in [0.25, 0.3) is 6.08 Å². The number of amides is 1. The van der Waals surface area contributed by atoms with Crippen molar-refractivity contribution in [2.24, 2.45) is 0 Å². The predicted molar refractivity (Wildman–Crippen MR) is 79.8 cm³/mol. The van der Waals surface area contributed by atoms with Gasteiger partial charge >= 0.3 is 0 Å². The summed E-state index contributed by atoms with van der Waals surface area (Å²) < 4.78 is 13.1. The van der Waals surface area contributed by atoms with Crippen LogP contribution < -0.4 is 5.32 Å². The molecule has 0 heterocycles. The van der Waals surface area contributed by atoms with Crippen molar-refractivity contribution in [3.8, 4) is 6.07 Å². The zero-order chi connectivity index (χ0) is 15.2. The molecule has 2 rings (SSSR count). The standard InChI is InChI=1S/C17H13FN2O/c1-12-5-7-16(8-6-12)20-17(21)14(11-19)9-13-3-2-4-15(18)10-13/h2-10H,1H3,(H,20,21)/b14-9-. The van der Waals surface area contributed by atoms with Gasteiger partial charge in [0.1, 0.15) is 17.5 Å². The first-order chi connectivity index (χ1) is 10.1. The van der Waals surface area contributed by atoms with Crippen LogP contribution in [0.15, 0.2) is 54.1 Å². The Kier molecular flexibility index (Phi) is 4.47. The molecule has 2 aromatic carbocycles. The van der Waals surface area contributed by atoms with E-state index < -0.39 is 11.7 Å². The number of nitrogens with one attached hydrogen (secondary N) is 1. The molecule has 0 saturated carbocycles. The zero-order valence-electron chi connectivity index (χ0n) is 11.4. The van der Waals surface area contributed by atoms with Gasteiger partial charge in [0.25, 0.3) is 5.91 Å². The van der Waals surface area contributed by atoms with Gasteiger partial charge < -0.3 is 5.32 Å². The van der Waals surface area contributed by atoms with E-state index in [1.807, 2.05) is 25.1 Å². The number of nitrogens with zero attached hydrogens (tertiary/aromatic N) is 1. The molecule has 0 radical (unpaired) electrons. The summed E-state index contributed by atoms with van der Waals surface area (Å²) in [5.74, 6) is -0.939. The highest BCUT2D eigenvalue weighted by molar-refractivity contribution is 6.09. The summed E-state index contributed by atoms with van der Waals surface area (Å²) >= 11 is 0. The van der Waals surface area contributed by atoms with Gasteiger partial charge in [-0.1, -0.05) is 29.8 Å². The average Bonchev–Trinajstić information content (AvgIpc) is 2.47. The fraction of sp³-hybridized carbons (Fsp3) is 0.0588. The van der Waals surface area contributed by atoms with Crippen molar-refractivity contribution in [2.75, 3.05) is 5.32 Å². The summed E-state index contributed by atoms with van der Waals surface area (Å²) in [6.07, 6.45) is 1.35. The number of halogens is 1. The quantitative estimate of drug-likeness (QED) is 0.688. The van der Waals surface area contributed by atoms with E-state index in [1.54, 1.807) is 18.2 Å². The molecule has 104 valence electrons. The molecule has 0 atom stereocenters. The highest BCUT2D eigenvalue weighted by Crippen LogP contribution is 2.13. The number of benzene rings is 2. The zero-order valence-corrected chi connectivity index (χ0v) is 11.4. The lowest BCUT2D eigenvalue weighted by Gasteiger charge is -2.04. The Labute approximate surface area is 122 Å². The number of rotatable bonds is 3. The topological polar surface area (TPSA) is 52.9 Å². The van der Waals surface area contributed by atoms with Crippen LogP contribution in [0.3, 0.4) is 0 Å². The molecule has 0 fully saturated rings. The molecule has 2 aromatic rings. The molecular formula is C17H13FN2O. The summed E-state index contributed by atoms with van der Waals surface area (Å²) in [4.78, 5) is 12.0. The van der Waals surface area contributed by atoms with Crippen LogP contribution in [-0.4, -0.2) is 5.91 Å². The molecule has 21 heavy (non-hydrogen) atoms. The van der Waals surface area contributed by atoms with E-state index in [2.05, 4.69) is 5.32 Å². The van der Waals surface area contributed by atoms with E-state index in [4.69, 9.17) is 5.26 Å². The molecule has 0 unspecified atom stereocenters. The van der Waals surface area contributed by atoms with E-state index in [0.717, 1.165) is 5.56 Å². The van der Waals surface area contributed by atoms with Gasteiger partial charge in [0.05, 0.1) is 0 Å². The Morgan fingerprint density at radius 2 is 1.95 bits per heavy atom. The van der Waals surface area contributed by atoms with E-state index in [0.29, 0.717) is 11.3 Å². The van der Waals surface area contributed by atoms with Gasteiger partial charge in [0.15, 0.2) is 0 Å². The van der Waals surface area contributed by atoms with E-state index in [-0.39, 0.29) is 5.57 Å². The monoisotopic (exact) mass is 280 g/mol. The average molecular weight is 280 g/mol. The smallest absolute Gasteiger partial charge is 0.266 e. The second-order valence-corrected chi connectivity index (χ2v) is 4.54. The number of carbonyl (C=O) groups is 1. The molecule has 3 nitrogen and oxygen atoms in total. The van der Waals surface area contributed by atoms with Crippen LogP contribution in [0.5, 0.6) is 0 Å². The summed E-state index contributed by atoms with van der Waals surface area (Å²) in [5.41, 5.74) is 2.06. The van der Waals surface area contributed by atoms with Crippen LogP contribution in [0.4, 0.5) is 10.1 Å². The summed E-state index contributed by atoms with van der Waals surface area (Å²) in [7, 11) is 0. The lowest BCUT2D eigenvalue weighted by atomic mass is 10.1. The van der Waals surface area contributed by atoms with Crippen molar-refractivity contribution in [1.82, 2.24) is 0 Å². The van der Waals surface area contributed by atoms with Crippen LogP contribution >= 0.6 is 0 Å². The Morgan fingerprint density at radius 3 is 2.57 bits per heavy atom. The van der Waals surface area contributed by atoms with Crippen LogP contribution in [0.2, 0.25) is 0 Å². The van der Waals surface area contributed by atoms with Gasteiger partial charge in [-0.25, -0.2) is 4.39 Å². The SMILES string of the molecule is Cc1ccc(NC(=O)/C(C#N)=C\c2cccc(F)c2)cc1. The number of nitriles is 1. The van der Waals surface area contributed by atoms with Crippen LogP contribution in [0.1, 0.15) is 11.1 Å². The van der Waals surface area contributed by atoms with Crippen molar-refractivity contribution in [3.63, 3.8) is 0 Å². The second-order valence-electron chi connectivity index (χ2n) is 4.54. The molecule has 0 spiro atoms. The predicted octanol–water partition coefficient (Wildman–Crippen LogP) is 3.68. The Balaban J connectivity index is 2.19. The Bertz CT molecular complexity index is 727. The van der Waals surface area contributed by atoms with E-state index in [9.17, 15) is 9.18 Å². The maximum absolute atomic E-state index is 13.1. The van der Waals surface area contributed by atoms with E-state index >= 15 is 0 Å². The number of aryl methyl sites for hydroxylation is 1. The van der Waals surface area contributed by atoms with E-state index in [1.165, 1.54) is 24.3 Å². The maximum atomic E-state index is 13.1. The molecule has 0 aliphatic rings. The first-order valence-electron chi connectivity index (χ1n) is 6.34. The number of hydrogen-bond acceptors (Lipinski definition) is 2. The maximum Gasteiger partial charge on any atom is 0.266 e. The lowest BCUT2D eigenvalue weighted by molar-refractivity contribution is -0.112. The third-order valence-electron chi connectivity index (χ3n) is 2.83. The van der Waals surface area contributed by atoms with Gasteiger partial charge in [0, 0.05) is 5.69 Å². The van der Waals surface area contributed by atoms with Crippen LogP contribution in [0, 0.1) is 24.1 Å². The lowest BCUT2D eigenvalue weighted by Crippen LogP contribution is -2.13. The van der Waals surface area contributed by atoms with Crippen molar-refractivity contribution >= 4 is 17.7 Å². The minimum absolute atomic E-state index is 0.0822. The highest BCUT2D eigenvalue weighted by Gasteiger charge is 2.09. The normalized spacial score (nSPS) is 10.8. The third-order valence-corrected chi connectivity index (χ3v) is 2.83. The van der Waals surface area contributed by atoms with Gasteiger partial charge in [-0.15, -0.1) is 0 Å². The molecule has 1 amide bonds. The third kappa shape index (κ3) is 4.02. The Morgan fingerprint density at radius 1 is 1.24 bits per heavy atom. The van der Waals surface area contributed by atoms with Gasteiger partial charge in [0.2, 0.25) is 0 Å². The number of anilines is 1. The molecule has 1 N–H and O–H groups in total. The minimum Gasteiger partial charge on any atom is -0.321 e. The van der Waals surface area contributed by atoms with Gasteiger partial charge in [-0.3, -0.25) is 4.79 Å². The first-order valence-corrected chi connectivity index (χ1v) is 6.34. The fourth-order valence-electron chi connectivity index (χ4n) is 1.75. The summed E-state index contributed by atoms with van der Waals surface area (Å²) in [6, 6.07) is 14.8. The summed E-state index contributed by atoms with van der Waals surface area (Å²) in [5, 5.41) is 11.7. The second kappa shape index (κ2) is 6.49. The van der Waals surface area contributed by atoms with Crippen molar-refractivity contribution in [1.29, 1.82) is 5.26 Å². The van der Waals surface area contributed by atoms with Crippen molar-refractivity contribution in [3.05, 3.63) is 71.0 Å². The molecule has 0 aliphatic carbocycles. The van der Waals surface area contributed by atoms with Gasteiger partial charge in [-0.2, -0.15) is 5.26 Å². The minimum atomic E-state index is -0.523. The number of hydrogen-bond donors (Lipinski definition) is 1. The highest BCUT2D eigenvalue weighted by atomic mass is 19.1. The molecular weight excluding hydrogens is 267 g/mol. The number of carbonyl (C=O) groups excluding carboxylic acids is 1. The fourth-order valence-corrected chi connectivity index (χ4v) is 1.75. The molecule has 4 heteroatoms.